The molecular weight excluding hydrogens is 256 g/mol. The summed E-state index contributed by atoms with van der Waals surface area (Å²) in [4.78, 5) is 4.55. The van der Waals surface area contributed by atoms with Gasteiger partial charge in [-0.3, -0.25) is 10.3 Å². The predicted octanol–water partition coefficient (Wildman–Crippen LogP) is 3.08. The van der Waals surface area contributed by atoms with E-state index in [9.17, 15) is 5.11 Å². The Morgan fingerprint density at radius 1 is 1.26 bits per heavy atom. The minimum atomic E-state index is -0.959. The molecule has 2 atom stereocenters. The van der Waals surface area contributed by atoms with Gasteiger partial charge in [0.25, 0.3) is 0 Å². The van der Waals surface area contributed by atoms with Gasteiger partial charge in [-0.1, -0.05) is 56.8 Å². The molecule has 3 nitrogen and oxygen atoms in total. The number of hydrogen-bond acceptors (Lipinski definition) is 4. The number of hydrogen-bond donors (Lipinski definition) is 2. The Bertz CT molecular complexity index is 486. The zero-order chi connectivity index (χ0) is 14.3. The molecule has 0 saturated carbocycles. The smallest absolute Gasteiger partial charge is 0.168 e. The fourth-order valence-corrected chi connectivity index (χ4v) is 3.16. The van der Waals surface area contributed by atoms with Crippen molar-refractivity contribution in [1.29, 1.82) is 0 Å². The summed E-state index contributed by atoms with van der Waals surface area (Å²) in [5.74, 6) is 0. The molecule has 1 heterocycles. The van der Waals surface area contributed by atoms with E-state index in [-0.39, 0.29) is 11.6 Å². The standard InChI is InChI=1S/C15H22N2OS/c1-10-16-13(19-15(5,18)17-10)11-6-8-12(9-7-11)14(2,3)4/h6-10,17-18H,1-5H3. The first-order valence-corrected chi connectivity index (χ1v) is 7.37. The van der Waals surface area contributed by atoms with Crippen molar-refractivity contribution in [2.45, 2.75) is 51.3 Å². The number of benzene rings is 1. The number of nitrogens with one attached hydrogen (secondary N) is 1. The second kappa shape index (κ2) is 4.93. The molecule has 1 aromatic carbocycles. The molecule has 2 N–H and O–H groups in total. The van der Waals surface area contributed by atoms with Gasteiger partial charge >= 0.3 is 0 Å². The third kappa shape index (κ3) is 3.59. The third-order valence-corrected chi connectivity index (χ3v) is 4.13. The summed E-state index contributed by atoms with van der Waals surface area (Å²) in [6, 6.07) is 8.45. The molecule has 0 bridgehead atoms. The van der Waals surface area contributed by atoms with Crippen molar-refractivity contribution in [3.05, 3.63) is 35.4 Å². The quantitative estimate of drug-likeness (QED) is 0.830. The van der Waals surface area contributed by atoms with E-state index in [1.165, 1.54) is 17.3 Å². The molecule has 19 heavy (non-hydrogen) atoms. The molecule has 0 fully saturated rings. The van der Waals surface area contributed by atoms with E-state index in [2.05, 4.69) is 55.3 Å². The summed E-state index contributed by atoms with van der Waals surface area (Å²) in [7, 11) is 0. The number of aliphatic hydroxyl groups is 1. The van der Waals surface area contributed by atoms with Gasteiger partial charge in [0.05, 0.1) is 0 Å². The SMILES string of the molecule is CC1N=C(c2ccc(C(C)(C)C)cc2)SC(C)(O)N1. The van der Waals surface area contributed by atoms with Gasteiger partial charge in [-0.2, -0.15) is 0 Å². The molecule has 2 unspecified atom stereocenters. The van der Waals surface area contributed by atoms with Crippen molar-refractivity contribution < 1.29 is 5.11 Å². The van der Waals surface area contributed by atoms with Crippen molar-refractivity contribution >= 4 is 16.8 Å². The lowest BCUT2D eigenvalue weighted by Gasteiger charge is -2.32. The van der Waals surface area contributed by atoms with Gasteiger partial charge in [-0.25, -0.2) is 0 Å². The number of aliphatic imine (C=N–C) groups is 1. The summed E-state index contributed by atoms with van der Waals surface area (Å²) < 4.78 is 0. The second-order valence-electron chi connectivity index (χ2n) is 6.17. The molecule has 1 aliphatic rings. The van der Waals surface area contributed by atoms with Crippen molar-refractivity contribution in [2.24, 2.45) is 4.99 Å². The van der Waals surface area contributed by atoms with Crippen LogP contribution in [0.1, 0.15) is 45.7 Å². The molecule has 2 rings (SSSR count). The van der Waals surface area contributed by atoms with Gasteiger partial charge in [0.15, 0.2) is 5.06 Å². The Morgan fingerprint density at radius 2 is 1.84 bits per heavy atom. The van der Waals surface area contributed by atoms with Crippen molar-refractivity contribution in [3.8, 4) is 0 Å². The zero-order valence-electron chi connectivity index (χ0n) is 12.2. The Balaban J connectivity index is 2.28. The van der Waals surface area contributed by atoms with Crippen LogP contribution in [0.25, 0.3) is 0 Å². The zero-order valence-corrected chi connectivity index (χ0v) is 13.0. The third-order valence-electron chi connectivity index (χ3n) is 3.08. The fourth-order valence-electron chi connectivity index (χ4n) is 2.09. The van der Waals surface area contributed by atoms with Gasteiger partial charge in [0.1, 0.15) is 11.2 Å². The summed E-state index contributed by atoms with van der Waals surface area (Å²) in [6.07, 6.45) is -0.0754. The lowest BCUT2D eigenvalue weighted by molar-refractivity contribution is 0.108. The molecule has 0 aromatic heterocycles. The highest BCUT2D eigenvalue weighted by Gasteiger charge is 2.30. The fraction of sp³-hybridized carbons (Fsp3) is 0.533. The van der Waals surface area contributed by atoms with Crippen LogP contribution in [0.5, 0.6) is 0 Å². The Morgan fingerprint density at radius 3 is 2.32 bits per heavy atom. The molecule has 4 heteroatoms. The van der Waals surface area contributed by atoms with Crippen LogP contribution >= 0.6 is 11.8 Å². The van der Waals surface area contributed by atoms with Gasteiger partial charge in [-0.15, -0.1) is 0 Å². The highest BCUT2D eigenvalue weighted by Crippen LogP contribution is 2.30. The molecule has 1 aromatic rings. The van der Waals surface area contributed by atoms with Crippen LogP contribution in [0.2, 0.25) is 0 Å². The van der Waals surface area contributed by atoms with Gasteiger partial charge in [0, 0.05) is 5.56 Å². The monoisotopic (exact) mass is 278 g/mol. The first-order chi connectivity index (χ1) is 8.67. The first kappa shape index (κ1) is 14.6. The lowest BCUT2D eigenvalue weighted by atomic mass is 9.87. The maximum Gasteiger partial charge on any atom is 0.168 e. The normalized spacial score (nSPS) is 28.1. The molecule has 0 spiro atoms. The molecule has 1 aliphatic heterocycles. The lowest BCUT2D eigenvalue weighted by Crippen LogP contribution is -2.47. The highest BCUT2D eigenvalue weighted by molar-refractivity contribution is 8.15. The van der Waals surface area contributed by atoms with Crippen LogP contribution in [0.15, 0.2) is 29.3 Å². The number of thioether (sulfide) groups is 1. The van der Waals surface area contributed by atoms with E-state index in [4.69, 9.17) is 0 Å². The van der Waals surface area contributed by atoms with E-state index in [1.54, 1.807) is 6.92 Å². The molecule has 0 aliphatic carbocycles. The Hall–Kier alpha value is -0.840. The first-order valence-electron chi connectivity index (χ1n) is 6.55. The average Bonchev–Trinajstić information content (AvgIpc) is 2.25. The van der Waals surface area contributed by atoms with E-state index in [1.807, 2.05) is 6.92 Å². The van der Waals surface area contributed by atoms with Crippen molar-refractivity contribution in [2.75, 3.05) is 0 Å². The number of nitrogens with zero attached hydrogens (tertiary/aromatic N) is 1. The molecule has 104 valence electrons. The second-order valence-corrected chi connectivity index (χ2v) is 7.55. The molecule has 0 radical (unpaired) electrons. The van der Waals surface area contributed by atoms with Gasteiger partial charge in [0.2, 0.25) is 0 Å². The summed E-state index contributed by atoms with van der Waals surface area (Å²) in [5.41, 5.74) is 2.52. The topological polar surface area (TPSA) is 44.6 Å². The minimum absolute atomic E-state index is 0.0754. The van der Waals surface area contributed by atoms with Gasteiger partial charge in [-0.05, 0) is 24.8 Å². The van der Waals surface area contributed by atoms with Crippen molar-refractivity contribution in [1.82, 2.24) is 5.32 Å². The highest BCUT2D eigenvalue weighted by atomic mass is 32.2. The largest absolute Gasteiger partial charge is 0.366 e. The Labute approximate surface area is 119 Å². The molecular formula is C15H22N2OS. The van der Waals surface area contributed by atoms with Crippen molar-refractivity contribution in [3.63, 3.8) is 0 Å². The summed E-state index contributed by atoms with van der Waals surface area (Å²) in [5, 5.41) is 13.1. The van der Waals surface area contributed by atoms with E-state index >= 15 is 0 Å². The molecule has 0 amide bonds. The minimum Gasteiger partial charge on any atom is -0.366 e. The predicted molar refractivity (Wildman–Crippen MR) is 82.5 cm³/mol. The van der Waals surface area contributed by atoms with E-state index in [0.717, 1.165) is 10.6 Å². The van der Waals surface area contributed by atoms with E-state index in [0.29, 0.717) is 0 Å². The van der Waals surface area contributed by atoms with Crippen LogP contribution in [0, 0.1) is 0 Å². The van der Waals surface area contributed by atoms with Gasteiger partial charge < -0.3 is 5.11 Å². The van der Waals surface area contributed by atoms with Crippen LogP contribution < -0.4 is 5.32 Å². The van der Waals surface area contributed by atoms with Crippen LogP contribution in [0.4, 0.5) is 0 Å². The Kier molecular flexibility index (Phi) is 3.78. The van der Waals surface area contributed by atoms with Crippen LogP contribution in [-0.4, -0.2) is 21.4 Å². The number of rotatable bonds is 1. The molecule has 0 saturated heterocycles. The van der Waals surface area contributed by atoms with Crippen LogP contribution in [0.3, 0.4) is 0 Å². The maximum atomic E-state index is 10.1. The summed E-state index contributed by atoms with van der Waals surface area (Å²) >= 11 is 1.35. The summed E-state index contributed by atoms with van der Waals surface area (Å²) in [6.45, 7) is 10.3. The maximum absolute atomic E-state index is 10.1. The van der Waals surface area contributed by atoms with Crippen LogP contribution in [-0.2, 0) is 5.41 Å². The van der Waals surface area contributed by atoms with E-state index < -0.39 is 5.06 Å². The average molecular weight is 278 g/mol.